The first kappa shape index (κ1) is 21.4. The number of benzene rings is 1. The smallest absolute Gasteiger partial charge is 0.339 e. The van der Waals surface area contributed by atoms with E-state index in [-0.39, 0.29) is 22.2 Å². The van der Waals surface area contributed by atoms with E-state index in [1.165, 1.54) is 24.1 Å². The van der Waals surface area contributed by atoms with Gasteiger partial charge in [0.25, 0.3) is 0 Å². The molecule has 0 radical (unpaired) electrons. The summed E-state index contributed by atoms with van der Waals surface area (Å²) in [6.07, 6.45) is 0. The number of aliphatic carboxylic acids is 1. The van der Waals surface area contributed by atoms with Crippen LogP contribution in [0.5, 0.6) is 0 Å². The van der Waals surface area contributed by atoms with Gasteiger partial charge < -0.3 is 15.3 Å². The Balaban J connectivity index is 0.00000529. The van der Waals surface area contributed by atoms with Crippen LogP contribution in [-0.4, -0.2) is 45.2 Å². The summed E-state index contributed by atoms with van der Waals surface area (Å²) >= 11 is 0. The molecule has 0 saturated heterocycles. The van der Waals surface area contributed by atoms with Gasteiger partial charge in [-0.15, -0.1) is 0 Å². The summed E-state index contributed by atoms with van der Waals surface area (Å²) in [5.74, 6) is 9.95. The lowest BCUT2D eigenvalue weighted by atomic mass is 9.95. The standard InChI is InChI=1S/C15H19N3O5.H2O/c1-15(2,3)23-14(22)10-7-5-4-6-9(10)11(8-19)12(13(20)21)18(16)17;/h4-7,12H,16-17H2,1-3H3,(H,20,21);1H2/t12-;/m0./s1. The highest BCUT2D eigenvalue weighted by atomic mass is 16.6. The van der Waals surface area contributed by atoms with Gasteiger partial charge in [0.05, 0.1) is 11.1 Å². The molecule has 0 saturated carbocycles. The van der Waals surface area contributed by atoms with Gasteiger partial charge in [-0.3, -0.25) is 16.5 Å². The molecule has 7 N–H and O–H groups in total. The van der Waals surface area contributed by atoms with Crippen LogP contribution in [0.25, 0.3) is 5.57 Å². The SMILES string of the molecule is CC(C)(C)OC(=O)c1ccccc1C(=C=O)[C@@H](C(=O)O)N(N)N.O. The van der Waals surface area contributed by atoms with Crippen molar-refractivity contribution >= 4 is 23.5 Å². The molecule has 1 rings (SSSR count). The number of carbonyl (C=O) groups is 2. The summed E-state index contributed by atoms with van der Waals surface area (Å²) in [6, 6.07) is 4.26. The van der Waals surface area contributed by atoms with Crippen LogP contribution in [0.1, 0.15) is 36.7 Å². The highest BCUT2D eigenvalue weighted by molar-refractivity contribution is 6.06. The molecule has 24 heavy (non-hydrogen) atoms. The largest absolute Gasteiger partial charge is 0.480 e. The second-order valence-corrected chi connectivity index (χ2v) is 5.75. The summed E-state index contributed by atoms with van der Waals surface area (Å²) < 4.78 is 5.25. The average molecular weight is 339 g/mol. The molecule has 1 aromatic carbocycles. The monoisotopic (exact) mass is 339 g/mol. The van der Waals surface area contributed by atoms with Gasteiger partial charge in [-0.1, -0.05) is 18.2 Å². The van der Waals surface area contributed by atoms with Crippen LogP contribution in [0.15, 0.2) is 24.3 Å². The first-order chi connectivity index (χ1) is 10.6. The Bertz CT molecular complexity index is 659. The van der Waals surface area contributed by atoms with Crippen molar-refractivity contribution in [2.75, 3.05) is 0 Å². The fourth-order valence-corrected chi connectivity index (χ4v) is 1.89. The minimum absolute atomic E-state index is 0. The highest BCUT2D eigenvalue weighted by Crippen LogP contribution is 2.24. The minimum Gasteiger partial charge on any atom is -0.480 e. The van der Waals surface area contributed by atoms with Crippen molar-refractivity contribution < 1.29 is 29.7 Å². The van der Waals surface area contributed by atoms with E-state index < -0.39 is 23.6 Å². The fraction of sp³-hybridized carbons (Fsp3) is 0.333. The van der Waals surface area contributed by atoms with Crippen LogP contribution in [-0.2, 0) is 14.3 Å². The van der Waals surface area contributed by atoms with E-state index in [2.05, 4.69) is 0 Å². The van der Waals surface area contributed by atoms with Gasteiger partial charge in [-0.25, -0.2) is 9.59 Å². The summed E-state index contributed by atoms with van der Waals surface area (Å²) in [5, 5.41) is 9.57. The van der Waals surface area contributed by atoms with E-state index in [4.69, 9.17) is 16.4 Å². The summed E-state index contributed by atoms with van der Waals surface area (Å²) in [7, 11) is 0. The number of carbonyl (C=O) groups excluding carboxylic acids is 2. The Morgan fingerprint density at radius 1 is 1.21 bits per heavy atom. The normalized spacial score (nSPS) is 11.9. The summed E-state index contributed by atoms with van der Waals surface area (Å²) in [5.41, 5.74) is -1.06. The maximum atomic E-state index is 12.3. The molecule has 0 amide bonds. The molecule has 0 unspecified atom stereocenters. The Hall–Kier alpha value is -2.55. The van der Waals surface area contributed by atoms with Crippen molar-refractivity contribution in [3.8, 4) is 0 Å². The van der Waals surface area contributed by atoms with Crippen molar-refractivity contribution in [3.05, 3.63) is 35.4 Å². The van der Waals surface area contributed by atoms with Gasteiger partial charge in [0.2, 0.25) is 0 Å². The number of carboxylic acids is 1. The zero-order valence-corrected chi connectivity index (χ0v) is 13.6. The molecule has 9 nitrogen and oxygen atoms in total. The molecule has 1 aromatic rings. The van der Waals surface area contributed by atoms with Gasteiger partial charge >= 0.3 is 11.9 Å². The third kappa shape index (κ3) is 5.27. The first-order valence-electron chi connectivity index (χ1n) is 6.67. The molecule has 0 spiro atoms. The molecular formula is C15H21N3O6. The highest BCUT2D eigenvalue weighted by Gasteiger charge is 2.31. The molecular weight excluding hydrogens is 318 g/mol. The molecule has 9 heteroatoms. The number of hydrogen-bond donors (Lipinski definition) is 3. The number of esters is 1. The number of hydrazine groups is 2. The number of rotatable bonds is 5. The Morgan fingerprint density at radius 2 is 1.71 bits per heavy atom. The first-order valence-corrected chi connectivity index (χ1v) is 6.67. The van der Waals surface area contributed by atoms with Crippen LogP contribution in [0.4, 0.5) is 0 Å². The maximum Gasteiger partial charge on any atom is 0.339 e. The third-order valence-electron chi connectivity index (χ3n) is 2.75. The molecule has 0 aliphatic rings. The van der Waals surface area contributed by atoms with Crippen LogP contribution < -0.4 is 11.7 Å². The number of nitrogens with two attached hydrogens (primary N) is 2. The molecule has 132 valence electrons. The zero-order chi connectivity index (χ0) is 17.8. The van der Waals surface area contributed by atoms with Gasteiger partial charge in [-0.2, -0.15) is 5.12 Å². The molecule has 0 aliphatic heterocycles. The minimum atomic E-state index is -1.66. The quantitative estimate of drug-likeness (QED) is 0.280. The second-order valence-electron chi connectivity index (χ2n) is 5.75. The van der Waals surface area contributed by atoms with Crippen LogP contribution >= 0.6 is 0 Å². The lowest BCUT2D eigenvalue weighted by Gasteiger charge is -2.23. The van der Waals surface area contributed by atoms with Gasteiger partial charge in [0.15, 0.2) is 6.04 Å². The number of hydrogen-bond acceptors (Lipinski definition) is 7. The molecule has 0 aromatic heterocycles. The van der Waals surface area contributed by atoms with Crippen molar-refractivity contribution in [2.24, 2.45) is 11.7 Å². The molecule has 0 fully saturated rings. The van der Waals surface area contributed by atoms with Crippen LogP contribution in [0, 0.1) is 0 Å². The zero-order valence-electron chi connectivity index (χ0n) is 13.6. The average Bonchev–Trinajstić information content (AvgIpc) is 2.41. The Morgan fingerprint density at radius 3 is 2.08 bits per heavy atom. The van der Waals surface area contributed by atoms with Gasteiger partial charge in [-0.05, 0) is 26.8 Å². The van der Waals surface area contributed by atoms with Gasteiger partial charge in [0, 0.05) is 5.56 Å². The van der Waals surface area contributed by atoms with E-state index in [1.807, 2.05) is 0 Å². The summed E-state index contributed by atoms with van der Waals surface area (Å²) in [6.45, 7) is 5.06. The number of nitrogens with zero attached hydrogens (tertiary/aromatic N) is 1. The van der Waals surface area contributed by atoms with Crippen molar-refractivity contribution in [2.45, 2.75) is 32.4 Å². The predicted molar refractivity (Wildman–Crippen MR) is 86.0 cm³/mol. The number of carboxylic acid groups (broad SMARTS) is 1. The predicted octanol–water partition coefficient (Wildman–Crippen LogP) is -0.465. The Labute approximate surface area is 138 Å². The number of ether oxygens (including phenoxy) is 1. The second kappa shape index (κ2) is 8.34. The van der Waals surface area contributed by atoms with Gasteiger partial charge in [0.1, 0.15) is 11.5 Å². The summed E-state index contributed by atoms with van der Waals surface area (Å²) in [4.78, 5) is 34.9. The molecule has 1 atom stereocenters. The van der Waals surface area contributed by atoms with E-state index in [9.17, 15) is 19.5 Å². The van der Waals surface area contributed by atoms with E-state index in [0.717, 1.165) is 0 Å². The van der Waals surface area contributed by atoms with E-state index in [1.54, 1.807) is 26.8 Å². The maximum absolute atomic E-state index is 12.3. The van der Waals surface area contributed by atoms with E-state index >= 15 is 0 Å². The van der Waals surface area contributed by atoms with Crippen molar-refractivity contribution in [1.82, 2.24) is 5.12 Å². The lowest BCUT2D eigenvalue weighted by Crippen LogP contribution is -2.51. The topological polar surface area (TPSA) is 167 Å². The van der Waals surface area contributed by atoms with Crippen molar-refractivity contribution in [3.63, 3.8) is 0 Å². The fourth-order valence-electron chi connectivity index (χ4n) is 1.89. The molecule has 0 heterocycles. The lowest BCUT2D eigenvalue weighted by molar-refractivity contribution is -0.141. The van der Waals surface area contributed by atoms with Crippen molar-refractivity contribution in [1.29, 1.82) is 0 Å². The van der Waals surface area contributed by atoms with E-state index in [0.29, 0.717) is 5.12 Å². The van der Waals surface area contributed by atoms with Crippen LogP contribution in [0.3, 0.4) is 0 Å². The molecule has 0 bridgehead atoms. The molecule has 0 aliphatic carbocycles. The Kier molecular flexibility index (Phi) is 7.46. The van der Waals surface area contributed by atoms with Crippen LogP contribution in [0.2, 0.25) is 0 Å². The third-order valence-corrected chi connectivity index (χ3v) is 2.75.